The Morgan fingerprint density at radius 2 is 1.78 bits per heavy atom. The van der Waals surface area contributed by atoms with Crippen LogP contribution in [0.25, 0.3) is 10.6 Å². The second kappa shape index (κ2) is 9.19. The predicted molar refractivity (Wildman–Crippen MR) is 109 cm³/mol. The number of hydrogen-bond donors (Lipinski definition) is 1. The molecule has 0 unspecified atom stereocenters. The Balaban J connectivity index is 1.52. The van der Waals surface area contributed by atoms with E-state index < -0.39 is 0 Å². The van der Waals surface area contributed by atoms with E-state index in [-0.39, 0.29) is 5.91 Å². The van der Waals surface area contributed by atoms with Crippen molar-refractivity contribution in [2.24, 2.45) is 0 Å². The summed E-state index contributed by atoms with van der Waals surface area (Å²) in [6.45, 7) is 2.56. The number of ether oxygens (including phenoxy) is 2. The molecule has 140 valence electrons. The number of aryl methyl sites for hydroxylation is 1. The van der Waals surface area contributed by atoms with E-state index in [1.807, 2.05) is 60.8 Å². The topological polar surface area (TPSA) is 60.5 Å². The monoisotopic (exact) mass is 382 g/mol. The van der Waals surface area contributed by atoms with Gasteiger partial charge in [-0.3, -0.25) is 4.79 Å². The maximum Gasteiger partial charge on any atom is 0.224 e. The van der Waals surface area contributed by atoms with E-state index in [9.17, 15) is 4.79 Å². The average Bonchev–Trinajstić information content (AvgIpc) is 3.17. The summed E-state index contributed by atoms with van der Waals surface area (Å²) in [5, 5.41) is 5.85. The fourth-order valence-corrected chi connectivity index (χ4v) is 3.41. The molecule has 0 aliphatic heterocycles. The average molecular weight is 382 g/mol. The molecule has 0 saturated carbocycles. The summed E-state index contributed by atoms with van der Waals surface area (Å²) in [5.74, 6) is 1.59. The highest BCUT2D eigenvalue weighted by atomic mass is 32.1. The van der Waals surface area contributed by atoms with Crippen molar-refractivity contribution in [3.8, 4) is 22.1 Å². The number of anilines is 1. The first-order valence-corrected chi connectivity index (χ1v) is 9.67. The van der Waals surface area contributed by atoms with Crippen LogP contribution in [-0.4, -0.2) is 24.6 Å². The van der Waals surface area contributed by atoms with Crippen molar-refractivity contribution in [2.75, 3.05) is 19.0 Å². The van der Waals surface area contributed by atoms with Gasteiger partial charge in [-0.15, -0.1) is 11.3 Å². The van der Waals surface area contributed by atoms with Crippen LogP contribution in [0, 0.1) is 0 Å². The number of thiazole rings is 1. The fourth-order valence-electron chi connectivity index (χ4n) is 2.55. The van der Waals surface area contributed by atoms with Crippen LogP contribution >= 0.6 is 11.3 Å². The van der Waals surface area contributed by atoms with Gasteiger partial charge in [0, 0.05) is 23.1 Å². The molecule has 0 bridgehead atoms. The number of nitrogens with one attached hydrogen (secondary N) is 1. The van der Waals surface area contributed by atoms with Gasteiger partial charge in [-0.25, -0.2) is 4.98 Å². The lowest BCUT2D eigenvalue weighted by Gasteiger charge is -2.06. The molecule has 1 heterocycles. The van der Waals surface area contributed by atoms with E-state index >= 15 is 0 Å². The fraction of sp³-hybridized carbons (Fsp3) is 0.238. The second-order valence-electron chi connectivity index (χ2n) is 5.88. The van der Waals surface area contributed by atoms with Crippen molar-refractivity contribution < 1.29 is 14.3 Å². The molecule has 5 nitrogen and oxygen atoms in total. The molecule has 0 radical (unpaired) electrons. The largest absolute Gasteiger partial charge is 0.497 e. The minimum absolute atomic E-state index is 0.0295. The van der Waals surface area contributed by atoms with Gasteiger partial charge in [0.1, 0.15) is 16.5 Å². The molecular formula is C21H22N2O3S. The van der Waals surface area contributed by atoms with Gasteiger partial charge in [0.2, 0.25) is 5.91 Å². The zero-order valence-electron chi connectivity index (χ0n) is 15.4. The van der Waals surface area contributed by atoms with Crippen LogP contribution in [0.5, 0.6) is 11.5 Å². The number of carbonyl (C=O) groups is 1. The molecule has 2 aromatic carbocycles. The number of methoxy groups -OCH3 is 1. The molecule has 6 heteroatoms. The molecular weight excluding hydrogens is 360 g/mol. The second-order valence-corrected chi connectivity index (χ2v) is 6.74. The Hall–Kier alpha value is -2.86. The lowest BCUT2D eigenvalue weighted by molar-refractivity contribution is -0.116. The van der Waals surface area contributed by atoms with Crippen molar-refractivity contribution >= 4 is 22.9 Å². The smallest absolute Gasteiger partial charge is 0.224 e. The summed E-state index contributed by atoms with van der Waals surface area (Å²) in [6, 6.07) is 15.2. The molecule has 0 fully saturated rings. The van der Waals surface area contributed by atoms with Gasteiger partial charge in [0.15, 0.2) is 0 Å². The molecule has 27 heavy (non-hydrogen) atoms. The van der Waals surface area contributed by atoms with Crippen LogP contribution in [0.1, 0.15) is 19.0 Å². The predicted octanol–water partition coefficient (Wildman–Crippen LogP) is 4.79. The lowest BCUT2D eigenvalue weighted by Crippen LogP contribution is -2.12. The Morgan fingerprint density at radius 3 is 2.44 bits per heavy atom. The van der Waals surface area contributed by atoms with Gasteiger partial charge in [0.25, 0.3) is 0 Å². The third kappa shape index (κ3) is 5.31. The number of nitrogens with zero attached hydrogens (tertiary/aromatic N) is 1. The molecule has 1 amide bonds. The molecule has 1 N–H and O–H groups in total. The summed E-state index contributed by atoms with van der Waals surface area (Å²) in [4.78, 5) is 16.8. The maximum absolute atomic E-state index is 12.2. The molecule has 0 aliphatic rings. The van der Waals surface area contributed by atoms with E-state index in [0.717, 1.165) is 33.5 Å². The van der Waals surface area contributed by atoms with Crippen LogP contribution in [-0.2, 0) is 11.2 Å². The van der Waals surface area contributed by atoms with Crippen molar-refractivity contribution in [3.05, 3.63) is 59.6 Å². The van der Waals surface area contributed by atoms with Gasteiger partial charge < -0.3 is 14.8 Å². The van der Waals surface area contributed by atoms with Crippen LogP contribution in [0.3, 0.4) is 0 Å². The minimum Gasteiger partial charge on any atom is -0.497 e. The molecule has 0 saturated heterocycles. The van der Waals surface area contributed by atoms with E-state index in [1.54, 1.807) is 18.4 Å². The summed E-state index contributed by atoms with van der Waals surface area (Å²) in [6.07, 6.45) is 0.995. The van der Waals surface area contributed by atoms with Crippen LogP contribution in [0.4, 0.5) is 5.69 Å². The van der Waals surface area contributed by atoms with Gasteiger partial charge in [-0.05, 0) is 61.9 Å². The Labute approximate surface area is 163 Å². The van der Waals surface area contributed by atoms with Crippen LogP contribution in [0.15, 0.2) is 53.9 Å². The van der Waals surface area contributed by atoms with Gasteiger partial charge in [-0.1, -0.05) is 0 Å². The van der Waals surface area contributed by atoms with E-state index in [4.69, 9.17) is 9.47 Å². The highest BCUT2D eigenvalue weighted by Gasteiger charge is 2.08. The third-order valence-electron chi connectivity index (χ3n) is 3.95. The summed E-state index contributed by atoms with van der Waals surface area (Å²) in [7, 11) is 1.65. The van der Waals surface area contributed by atoms with E-state index in [2.05, 4.69) is 10.3 Å². The third-order valence-corrected chi connectivity index (χ3v) is 4.89. The number of aromatic nitrogens is 1. The summed E-state index contributed by atoms with van der Waals surface area (Å²) >= 11 is 1.58. The minimum atomic E-state index is -0.0295. The van der Waals surface area contributed by atoms with E-state index in [1.165, 1.54) is 0 Å². The van der Waals surface area contributed by atoms with Crippen molar-refractivity contribution in [1.29, 1.82) is 0 Å². The normalized spacial score (nSPS) is 10.4. The summed E-state index contributed by atoms with van der Waals surface area (Å²) < 4.78 is 10.6. The standard InChI is InChI=1S/C21H22N2O3S/c1-3-26-19-11-6-16(7-12-19)22-20(24)13-8-17-14-27-21(23-17)15-4-9-18(25-2)10-5-15/h4-7,9-12,14H,3,8,13H2,1-2H3,(H,22,24). The highest BCUT2D eigenvalue weighted by molar-refractivity contribution is 7.13. The SMILES string of the molecule is CCOc1ccc(NC(=O)CCc2csc(-c3ccc(OC)cc3)n2)cc1. The first-order valence-electron chi connectivity index (χ1n) is 8.79. The van der Waals surface area contributed by atoms with Gasteiger partial charge in [-0.2, -0.15) is 0 Å². The zero-order valence-corrected chi connectivity index (χ0v) is 16.2. The molecule has 0 spiro atoms. The molecule has 0 aliphatic carbocycles. The lowest BCUT2D eigenvalue weighted by atomic mass is 10.2. The number of rotatable bonds is 8. The highest BCUT2D eigenvalue weighted by Crippen LogP contribution is 2.26. The first-order chi connectivity index (χ1) is 13.2. The first kappa shape index (κ1) is 18.9. The Morgan fingerprint density at radius 1 is 1.07 bits per heavy atom. The van der Waals surface area contributed by atoms with Crippen molar-refractivity contribution in [2.45, 2.75) is 19.8 Å². The number of amides is 1. The van der Waals surface area contributed by atoms with Crippen LogP contribution < -0.4 is 14.8 Å². The molecule has 3 rings (SSSR count). The van der Waals surface area contributed by atoms with Crippen molar-refractivity contribution in [3.63, 3.8) is 0 Å². The number of benzene rings is 2. The molecule has 0 atom stereocenters. The zero-order chi connectivity index (χ0) is 19.1. The summed E-state index contributed by atoms with van der Waals surface area (Å²) in [5.41, 5.74) is 2.74. The maximum atomic E-state index is 12.2. The van der Waals surface area contributed by atoms with Gasteiger partial charge >= 0.3 is 0 Å². The Bertz CT molecular complexity index is 873. The number of hydrogen-bond acceptors (Lipinski definition) is 5. The molecule has 1 aromatic heterocycles. The Kier molecular flexibility index (Phi) is 6.44. The van der Waals surface area contributed by atoms with Crippen molar-refractivity contribution in [1.82, 2.24) is 4.98 Å². The quantitative estimate of drug-likeness (QED) is 0.609. The van der Waals surface area contributed by atoms with Gasteiger partial charge in [0.05, 0.1) is 19.4 Å². The number of carbonyl (C=O) groups excluding carboxylic acids is 1. The molecule has 3 aromatic rings. The van der Waals surface area contributed by atoms with Crippen LogP contribution in [0.2, 0.25) is 0 Å². The van der Waals surface area contributed by atoms with E-state index in [0.29, 0.717) is 19.4 Å².